The molecule has 2 N–H and O–H groups in total. The van der Waals surface area contributed by atoms with Crippen molar-refractivity contribution in [1.82, 2.24) is 4.98 Å². The summed E-state index contributed by atoms with van der Waals surface area (Å²) in [6, 6.07) is 11.7. The number of nitrogen functional groups attached to an aromatic ring is 1. The summed E-state index contributed by atoms with van der Waals surface area (Å²) in [6.07, 6.45) is 2.39. The lowest BCUT2D eigenvalue weighted by molar-refractivity contribution is 0.0527. The lowest BCUT2D eigenvalue weighted by Crippen LogP contribution is -2.10. The van der Waals surface area contributed by atoms with Crippen LogP contribution in [0.25, 0.3) is 0 Å². The normalized spacial score (nSPS) is 10.2. The van der Waals surface area contributed by atoms with Gasteiger partial charge in [-0.3, -0.25) is 0 Å². The first-order chi connectivity index (χ1) is 9.20. The summed E-state index contributed by atoms with van der Waals surface area (Å²) < 4.78 is 4.96. The molecule has 98 valence electrons. The number of ether oxygens (including phenoxy) is 1. The van der Waals surface area contributed by atoms with Crippen LogP contribution in [-0.4, -0.2) is 17.6 Å². The van der Waals surface area contributed by atoms with Gasteiger partial charge in [0.1, 0.15) is 11.4 Å². The molecule has 0 spiro atoms. The maximum absolute atomic E-state index is 11.7. The third kappa shape index (κ3) is 3.31. The number of aromatic nitrogens is 1. The summed E-state index contributed by atoms with van der Waals surface area (Å²) in [4.78, 5) is 15.8. The Hall–Kier alpha value is -2.36. The maximum Gasteiger partial charge on any atom is 0.341 e. The third-order valence-corrected chi connectivity index (χ3v) is 2.72. The predicted molar refractivity (Wildman–Crippen MR) is 73.9 cm³/mol. The lowest BCUT2D eigenvalue weighted by atomic mass is 10.1. The van der Waals surface area contributed by atoms with Gasteiger partial charge in [0.25, 0.3) is 0 Å². The van der Waals surface area contributed by atoms with Gasteiger partial charge in [0.15, 0.2) is 0 Å². The van der Waals surface area contributed by atoms with Crippen LogP contribution >= 0.6 is 0 Å². The number of hydrogen-bond donors (Lipinski definition) is 1. The average molecular weight is 256 g/mol. The fourth-order valence-electron chi connectivity index (χ4n) is 1.82. The average Bonchev–Trinajstić information content (AvgIpc) is 2.42. The van der Waals surface area contributed by atoms with Crippen LogP contribution in [0.5, 0.6) is 0 Å². The van der Waals surface area contributed by atoms with Crippen molar-refractivity contribution >= 4 is 11.8 Å². The molecule has 0 aliphatic carbocycles. The number of nitrogens with two attached hydrogens (primary N) is 1. The van der Waals surface area contributed by atoms with Crippen LogP contribution in [0.3, 0.4) is 0 Å². The maximum atomic E-state index is 11.7. The van der Waals surface area contributed by atoms with Gasteiger partial charge in [-0.2, -0.15) is 0 Å². The Labute approximate surface area is 112 Å². The highest BCUT2D eigenvalue weighted by Crippen LogP contribution is 2.15. The first kappa shape index (κ1) is 13.1. The van der Waals surface area contributed by atoms with Gasteiger partial charge in [-0.25, -0.2) is 9.78 Å². The first-order valence-corrected chi connectivity index (χ1v) is 6.16. The fraction of sp³-hybridized carbons (Fsp3) is 0.200. The van der Waals surface area contributed by atoms with Gasteiger partial charge in [0.05, 0.1) is 6.61 Å². The second kappa shape index (κ2) is 6.00. The molecule has 0 saturated carbocycles. The summed E-state index contributed by atoms with van der Waals surface area (Å²) >= 11 is 0. The van der Waals surface area contributed by atoms with Crippen molar-refractivity contribution in [2.75, 3.05) is 12.3 Å². The Morgan fingerprint density at radius 2 is 2.00 bits per heavy atom. The minimum Gasteiger partial charge on any atom is -0.462 e. The Balaban J connectivity index is 2.23. The van der Waals surface area contributed by atoms with Crippen molar-refractivity contribution in [3.8, 4) is 0 Å². The van der Waals surface area contributed by atoms with E-state index in [9.17, 15) is 4.79 Å². The Morgan fingerprint density at radius 3 is 2.68 bits per heavy atom. The Bertz CT molecular complexity index is 568. The highest BCUT2D eigenvalue weighted by atomic mass is 16.5. The summed E-state index contributed by atoms with van der Waals surface area (Å²) in [5.74, 6) is -0.224. The zero-order valence-corrected chi connectivity index (χ0v) is 10.8. The van der Waals surface area contributed by atoms with Crippen LogP contribution in [0.4, 0.5) is 5.82 Å². The summed E-state index contributed by atoms with van der Waals surface area (Å²) in [5.41, 5.74) is 8.12. The number of anilines is 1. The van der Waals surface area contributed by atoms with E-state index in [-0.39, 0.29) is 5.82 Å². The van der Waals surface area contributed by atoms with E-state index in [0.29, 0.717) is 18.6 Å². The molecule has 0 atom stereocenters. The molecule has 2 rings (SSSR count). The molecule has 0 aliphatic rings. The van der Waals surface area contributed by atoms with E-state index >= 15 is 0 Å². The molecule has 0 unspecified atom stereocenters. The monoisotopic (exact) mass is 256 g/mol. The topological polar surface area (TPSA) is 65.2 Å². The van der Waals surface area contributed by atoms with Gasteiger partial charge in [-0.05, 0) is 30.5 Å². The molecular formula is C15H16N2O2. The van der Waals surface area contributed by atoms with Crippen molar-refractivity contribution in [3.63, 3.8) is 0 Å². The largest absolute Gasteiger partial charge is 0.462 e. The second-order valence-corrected chi connectivity index (χ2v) is 4.16. The molecule has 0 amide bonds. The van der Waals surface area contributed by atoms with E-state index < -0.39 is 5.97 Å². The van der Waals surface area contributed by atoms with E-state index in [4.69, 9.17) is 10.5 Å². The second-order valence-electron chi connectivity index (χ2n) is 4.16. The van der Waals surface area contributed by atoms with E-state index in [2.05, 4.69) is 4.98 Å². The highest BCUT2D eigenvalue weighted by molar-refractivity contribution is 5.94. The number of pyridine rings is 1. The van der Waals surface area contributed by atoms with Crippen molar-refractivity contribution in [2.24, 2.45) is 0 Å². The quantitative estimate of drug-likeness (QED) is 0.853. The third-order valence-electron chi connectivity index (χ3n) is 2.72. The summed E-state index contributed by atoms with van der Waals surface area (Å²) in [7, 11) is 0. The molecule has 0 radical (unpaired) electrons. The molecule has 1 heterocycles. The Kier molecular flexibility index (Phi) is 4.13. The van der Waals surface area contributed by atoms with Crippen LogP contribution in [0.2, 0.25) is 0 Å². The summed E-state index contributed by atoms with van der Waals surface area (Å²) in [5, 5.41) is 0. The van der Waals surface area contributed by atoms with Crippen molar-refractivity contribution in [3.05, 3.63) is 59.3 Å². The van der Waals surface area contributed by atoms with Crippen LogP contribution in [-0.2, 0) is 11.2 Å². The minimum atomic E-state index is -0.428. The number of esters is 1. The smallest absolute Gasteiger partial charge is 0.341 e. The van der Waals surface area contributed by atoms with Gasteiger partial charge in [0.2, 0.25) is 0 Å². The zero-order chi connectivity index (χ0) is 13.7. The number of carbonyl (C=O) groups excluding carboxylic acids is 1. The molecule has 4 heteroatoms. The molecule has 0 fully saturated rings. The van der Waals surface area contributed by atoms with E-state index in [0.717, 1.165) is 11.1 Å². The van der Waals surface area contributed by atoms with Crippen molar-refractivity contribution in [2.45, 2.75) is 13.3 Å². The predicted octanol–water partition coefficient (Wildman–Crippen LogP) is 2.43. The molecule has 0 aliphatic heterocycles. The van der Waals surface area contributed by atoms with Crippen molar-refractivity contribution in [1.29, 1.82) is 0 Å². The zero-order valence-electron chi connectivity index (χ0n) is 10.8. The van der Waals surface area contributed by atoms with Gasteiger partial charge >= 0.3 is 5.97 Å². The molecule has 4 nitrogen and oxygen atoms in total. The van der Waals surface area contributed by atoms with Crippen molar-refractivity contribution < 1.29 is 9.53 Å². The SMILES string of the molecule is CCOC(=O)c1cc(Cc2ccccc2)cnc1N. The van der Waals surface area contributed by atoms with E-state index in [1.54, 1.807) is 19.2 Å². The number of nitrogens with zero attached hydrogens (tertiary/aromatic N) is 1. The Morgan fingerprint density at radius 1 is 1.26 bits per heavy atom. The minimum absolute atomic E-state index is 0.204. The molecule has 1 aromatic heterocycles. The molecular weight excluding hydrogens is 240 g/mol. The molecule has 0 bridgehead atoms. The first-order valence-electron chi connectivity index (χ1n) is 6.16. The van der Waals surface area contributed by atoms with Gasteiger partial charge in [0, 0.05) is 6.20 Å². The number of benzene rings is 1. The highest BCUT2D eigenvalue weighted by Gasteiger charge is 2.12. The van der Waals surface area contributed by atoms with E-state index in [1.807, 2.05) is 30.3 Å². The molecule has 0 saturated heterocycles. The lowest BCUT2D eigenvalue weighted by Gasteiger charge is -2.07. The standard InChI is InChI=1S/C15H16N2O2/c1-2-19-15(18)13-9-12(10-17-14(13)16)8-11-6-4-3-5-7-11/h3-7,9-10H,2,8H2,1H3,(H2,16,17). The number of carbonyl (C=O) groups is 1. The van der Waals surface area contributed by atoms with Gasteiger partial charge in [-0.15, -0.1) is 0 Å². The number of hydrogen-bond acceptors (Lipinski definition) is 4. The summed E-state index contributed by atoms with van der Waals surface area (Å²) in [6.45, 7) is 2.08. The molecule has 19 heavy (non-hydrogen) atoms. The van der Waals surface area contributed by atoms with Crippen LogP contribution in [0.15, 0.2) is 42.6 Å². The van der Waals surface area contributed by atoms with Crippen LogP contribution in [0, 0.1) is 0 Å². The van der Waals surface area contributed by atoms with E-state index in [1.165, 1.54) is 0 Å². The van der Waals surface area contributed by atoms with Crippen LogP contribution < -0.4 is 5.73 Å². The molecule has 1 aromatic carbocycles. The van der Waals surface area contributed by atoms with Gasteiger partial charge < -0.3 is 10.5 Å². The molecule has 2 aromatic rings. The van der Waals surface area contributed by atoms with Gasteiger partial charge in [-0.1, -0.05) is 30.3 Å². The number of rotatable bonds is 4. The van der Waals surface area contributed by atoms with Crippen LogP contribution in [0.1, 0.15) is 28.4 Å². The fourth-order valence-corrected chi connectivity index (χ4v) is 1.82.